The Labute approximate surface area is 213 Å². The molecule has 36 heavy (non-hydrogen) atoms. The zero-order valence-corrected chi connectivity index (χ0v) is 21.2. The van der Waals surface area contributed by atoms with Crippen LogP contribution in [0.2, 0.25) is 0 Å². The van der Waals surface area contributed by atoms with Gasteiger partial charge in [-0.2, -0.15) is 0 Å². The van der Waals surface area contributed by atoms with Gasteiger partial charge >= 0.3 is 0 Å². The van der Waals surface area contributed by atoms with E-state index in [9.17, 15) is 0 Å². The molecule has 2 fully saturated rings. The molecule has 1 nitrogen and oxygen atoms in total. The summed E-state index contributed by atoms with van der Waals surface area (Å²) in [4.78, 5) is 3.59. The number of rotatable bonds is 1. The summed E-state index contributed by atoms with van der Waals surface area (Å²) in [6, 6.07) is 32.4. The number of fused-ring (bicyclic) bond motifs is 11. The molecule has 0 aliphatic heterocycles. The van der Waals surface area contributed by atoms with Crippen LogP contribution in [-0.4, -0.2) is 4.98 Å². The van der Waals surface area contributed by atoms with Gasteiger partial charge in [-0.15, -0.1) is 0 Å². The van der Waals surface area contributed by atoms with Crippen molar-refractivity contribution in [2.24, 2.45) is 23.7 Å². The Morgan fingerprint density at radius 1 is 0.639 bits per heavy atom. The second-order valence-corrected chi connectivity index (χ2v) is 12.1. The maximum Gasteiger partial charge on any atom is 0.0465 e. The zero-order chi connectivity index (χ0) is 24.0. The Kier molecular flexibility index (Phi) is 4.25. The van der Waals surface area contributed by atoms with Crippen molar-refractivity contribution in [2.45, 2.75) is 44.9 Å². The van der Waals surface area contributed by atoms with Crippen LogP contribution in [0.1, 0.15) is 50.7 Å². The van der Waals surface area contributed by atoms with E-state index in [1.165, 1.54) is 69.7 Å². The molecule has 1 heteroatoms. The molecular weight excluding hydrogens is 434 g/mol. The van der Waals surface area contributed by atoms with E-state index in [4.69, 9.17) is 0 Å². The average molecular weight is 468 g/mol. The molecular formula is C35H33N. The van der Waals surface area contributed by atoms with Crippen molar-refractivity contribution in [3.05, 3.63) is 96.1 Å². The van der Waals surface area contributed by atoms with Gasteiger partial charge in [-0.1, -0.05) is 74.5 Å². The van der Waals surface area contributed by atoms with Crippen molar-refractivity contribution >= 4 is 21.8 Å². The topological polar surface area (TPSA) is 15.8 Å². The van der Waals surface area contributed by atoms with Crippen molar-refractivity contribution < 1.29 is 0 Å². The molecule has 3 aliphatic carbocycles. The van der Waals surface area contributed by atoms with Crippen LogP contribution in [0.15, 0.2) is 84.9 Å². The van der Waals surface area contributed by atoms with Crippen molar-refractivity contribution in [3.63, 3.8) is 0 Å². The van der Waals surface area contributed by atoms with E-state index in [2.05, 4.69) is 104 Å². The van der Waals surface area contributed by atoms with Crippen molar-refractivity contribution in [3.8, 4) is 22.3 Å². The molecule has 1 heterocycles. The number of H-pyrrole nitrogens is 1. The molecule has 3 aliphatic rings. The molecule has 5 unspecified atom stereocenters. The SMILES string of the molecule is CC1CC2CC(C)C3(c4ccccc4-c4ccc(-c5ccc6[nH]c7ccccc7c6c5)cc43)C(C1)C2. The average Bonchev–Trinajstić information content (AvgIpc) is 3.40. The van der Waals surface area contributed by atoms with Gasteiger partial charge in [0, 0.05) is 27.2 Å². The normalized spacial score (nSPS) is 28.5. The summed E-state index contributed by atoms with van der Waals surface area (Å²) >= 11 is 0. The fourth-order valence-electron chi connectivity index (χ4n) is 8.92. The highest BCUT2D eigenvalue weighted by Crippen LogP contribution is 2.64. The number of hydrogen-bond acceptors (Lipinski definition) is 0. The molecule has 1 spiro atoms. The van der Waals surface area contributed by atoms with Crippen LogP contribution >= 0.6 is 0 Å². The first-order valence-corrected chi connectivity index (χ1v) is 13.9. The fraction of sp³-hybridized carbons (Fsp3) is 0.314. The minimum absolute atomic E-state index is 0.151. The van der Waals surface area contributed by atoms with Gasteiger partial charge in [-0.3, -0.25) is 0 Å². The van der Waals surface area contributed by atoms with Crippen LogP contribution in [0.5, 0.6) is 0 Å². The van der Waals surface area contributed by atoms with Gasteiger partial charge in [0.15, 0.2) is 0 Å². The Morgan fingerprint density at radius 2 is 1.39 bits per heavy atom. The zero-order valence-electron chi connectivity index (χ0n) is 21.2. The van der Waals surface area contributed by atoms with Crippen molar-refractivity contribution in [2.75, 3.05) is 0 Å². The largest absolute Gasteiger partial charge is 0.355 e. The summed E-state index contributed by atoms with van der Waals surface area (Å²) in [5.74, 6) is 3.15. The molecule has 1 aromatic heterocycles. The first-order chi connectivity index (χ1) is 17.6. The second-order valence-electron chi connectivity index (χ2n) is 12.1. The predicted molar refractivity (Wildman–Crippen MR) is 151 cm³/mol. The minimum Gasteiger partial charge on any atom is -0.355 e. The van der Waals surface area contributed by atoms with E-state index in [1.54, 1.807) is 11.1 Å². The lowest BCUT2D eigenvalue weighted by Crippen LogP contribution is -2.49. The van der Waals surface area contributed by atoms with Gasteiger partial charge in [0.05, 0.1) is 0 Å². The van der Waals surface area contributed by atoms with E-state index in [0.29, 0.717) is 5.92 Å². The monoisotopic (exact) mass is 467 g/mol. The van der Waals surface area contributed by atoms with Crippen LogP contribution in [0.4, 0.5) is 0 Å². The number of nitrogens with one attached hydrogen (secondary N) is 1. The van der Waals surface area contributed by atoms with Gasteiger partial charge in [0.1, 0.15) is 0 Å². The molecule has 2 saturated carbocycles. The smallest absolute Gasteiger partial charge is 0.0465 e. The van der Waals surface area contributed by atoms with Gasteiger partial charge in [0.2, 0.25) is 0 Å². The van der Waals surface area contributed by atoms with Gasteiger partial charge in [-0.05, 0) is 107 Å². The molecule has 1 N–H and O–H groups in total. The van der Waals surface area contributed by atoms with Crippen molar-refractivity contribution in [1.82, 2.24) is 4.98 Å². The number of hydrogen-bond donors (Lipinski definition) is 1. The van der Waals surface area contributed by atoms with Crippen LogP contribution in [0.25, 0.3) is 44.1 Å². The lowest BCUT2D eigenvalue weighted by atomic mass is 9.49. The van der Waals surface area contributed by atoms with Gasteiger partial charge in [0.25, 0.3) is 0 Å². The quantitative estimate of drug-likeness (QED) is 0.253. The summed E-state index contributed by atoms with van der Waals surface area (Å²) in [7, 11) is 0. The van der Waals surface area contributed by atoms with E-state index < -0.39 is 0 Å². The molecule has 178 valence electrons. The Morgan fingerprint density at radius 3 is 2.33 bits per heavy atom. The third kappa shape index (κ3) is 2.67. The van der Waals surface area contributed by atoms with E-state index in [-0.39, 0.29) is 5.41 Å². The number of benzene rings is 4. The first kappa shape index (κ1) is 20.8. The first-order valence-electron chi connectivity index (χ1n) is 13.9. The lowest BCUT2D eigenvalue weighted by molar-refractivity contribution is 0.0426. The Hall–Kier alpha value is -3.32. The van der Waals surface area contributed by atoms with E-state index in [0.717, 1.165) is 17.8 Å². The summed E-state index contributed by atoms with van der Waals surface area (Å²) in [6.07, 6.45) is 5.55. The van der Waals surface area contributed by atoms with E-state index >= 15 is 0 Å². The predicted octanol–water partition coefficient (Wildman–Crippen LogP) is 9.35. The molecule has 0 amide bonds. The van der Waals surface area contributed by atoms with Crippen molar-refractivity contribution in [1.29, 1.82) is 0 Å². The Bertz CT molecular complexity index is 1650. The number of aromatic amines is 1. The highest BCUT2D eigenvalue weighted by Gasteiger charge is 2.56. The van der Waals surface area contributed by atoms with Gasteiger partial charge in [-0.25, -0.2) is 0 Å². The highest BCUT2D eigenvalue weighted by molar-refractivity contribution is 6.08. The van der Waals surface area contributed by atoms with Crippen LogP contribution in [-0.2, 0) is 5.41 Å². The number of aromatic nitrogens is 1. The summed E-state index contributed by atoms with van der Waals surface area (Å²) in [6.45, 7) is 5.06. The third-order valence-corrected chi connectivity index (χ3v) is 10.1. The highest BCUT2D eigenvalue weighted by atomic mass is 14.7. The Balaban J connectivity index is 1.35. The molecule has 0 radical (unpaired) electrons. The summed E-state index contributed by atoms with van der Waals surface area (Å²) in [5, 5.41) is 2.62. The summed E-state index contributed by atoms with van der Waals surface area (Å²) < 4.78 is 0. The lowest BCUT2D eigenvalue weighted by Gasteiger charge is -2.54. The molecule has 5 atom stereocenters. The molecule has 5 aromatic rings. The number of para-hydroxylation sites is 1. The maximum atomic E-state index is 3.59. The molecule has 2 bridgehead atoms. The maximum absolute atomic E-state index is 3.59. The molecule has 4 aromatic carbocycles. The van der Waals surface area contributed by atoms with Gasteiger partial charge < -0.3 is 4.98 Å². The standard InChI is InChI=1S/C35H33N/c1-21-15-23-17-22(2)35(26(16-21)18-23)31-9-5-3-7-27(31)28-13-11-25(20-32(28)35)24-12-14-34-30(19-24)29-8-4-6-10-33(29)36-34/h3-14,19-23,26,36H,15-18H2,1-2H3. The summed E-state index contributed by atoms with van der Waals surface area (Å²) in [5.41, 5.74) is 11.4. The minimum atomic E-state index is 0.151. The molecule has 8 rings (SSSR count). The fourth-order valence-corrected chi connectivity index (χ4v) is 8.92. The van der Waals surface area contributed by atoms with Crippen LogP contribution in [0, 0.1) is 23.7 Å². The third-order valence-electron chi connectivity index (χ3n) is 10.1. The van der Waals surface area contributed by atoms with E-state index in [1.807, 2.05) is 0 Å². The van der Waals surface area contributed by atoms with Crippen LogP contribution < -0.4 is 0 Å². The molecule has 0 saturated heterocycles. The van der Waals surface area contributed by atoms with Crippen LogP contribution in [0.3, 0.4) is 0 Å². The second kappa shape index (κ2) is 7.35.